The third kappa shape index (κ3) is 2.09. The van der Waals surface area contributed by atoms with Gasteiger partial charge in [-0.15, -0.1) is 0 Å². The van der Waals surface area contributed by atoms with Crippen LogP contribution in [-0.4, -0.2) is 14.0 Å². The van der Waals surface area contributed by atoms with E-state index in [0.29, 0.717) is 5.75 Å². The Labute approximate surface area is 85.7 Å². The van der Waals surface area contributed by atoms with Gasteiger partial charge in [0.2, 0.25) is 0 Å². The first-order valence-electron chi connectivity index (χ1n) is 4.86. The van der Waals surface area contributed by atoms with Crippen molar-refractivity contribution in [2.24, 2.45) is 0 Å². The molecule has 14 heavy (non-hydrogen) atoms. The molecule has 0 fully saturated rings. The van der Waals surface area contributed by atoms with Crippen molar-refractivity contribution in [2.75, 3.05) is 0 Å². The fourth-order valence-corrected chi connectivity index (χ4v) is 1.39. The Balaban J connectivity index is 3.22. The van der Waals surface area contributed by atoms with Crippen LogP contribution in [0.25, 0.3) is 0 Å². The topological polar surface area (TPSA) is 9.23 Å². The van der Waals surface area contributed by atoms with E-state index in [1.807, 2.05) is 35.5 Å². The molecule has 1 rings (SSSR count). The maximum absolute atomic E-state index is 13.5. The number of aryl methyl sites for hydroxylation is 1. The molecule has 1 aromatic rings. The molecule has 0 N–H and O–H groups in total. The van der Waals surface area contributed by atoms with Crippen LogP contribution in [-0.2, 0) is 0 Å². The average molecular weight is 194 g/mol. The Kier molecular flexibility index (Phi) is 3.19. The second-order valence-corrected chi connectivity index (χ2v) is 3.92. The van der Waals surface area contributed by atoms with Gasteiger partial charge in [-0.2, -0.15) is 0 Å². The quantitative estimate of drug-likeness (QED) is 0.648. The summed E-state index contributed by atoms with van der Waals surface area (Å²) in [5.74, 6) is 0.127. The normalized spacial score (nSPS) is 10.7. The Morgan fingerprint density at radius 3 is 2.43 bits per heavy atom. The Hall–Kier alpha value is -0.985. The van der Waals surface area contributed by atoms with Gasteiger partial charge in [-0.3, -0.25) is 0 Å². The molecule has 0 saturated carbocycles. The zero-order chi connectivity index (χ0) is 10.9. The van der Waals surface area contributed by atoms with Crippen LogP contribution in [0.4, 0.5) is 4.39 Å². The molecule has 0 bridgehead atoms. The van der Waals surface area contributed by atoms with Gasteiger partial charge >= 0.3 is 0 Å². The van der Waals surface area contributed by atoms with Crippen LogP contribution in [0, 0.1) is 19.7 Å². The molecule has 0 aliphatic heterocycles. The molecule has 0 aliphatic carbocycles. The second-order valence-electron chi connectivity index (χ2n) is 3.92. The number of benzene rings is 1. The summed E-state index contributed by atoms with van der Waals surface area (Å²) in [5, 5.41) is 0. The highest BCUT2D eigenvalue weighted by Crippen LogP contribution is 2.19. The van der Waals surface area contributed by atoms with E-state index in [4.69, 9.17) is 4.74 Å². The standard InChI is InChI=1S/C11H16BFO/c1-6(2)14-11-9(13)5-7(3)8(4)10(11)12/h5-6H,12H2,1-4H3. The van der Waals surface area contributed by atoms with E-state index in [2.05, 4.69) is 0 Å². The summed E-state index contributed by atoms with van der Waals surface area (Å²) in [6.07, 6.45) is 0.00491. The van der Waals surface area contributed by atoms with E-state index < -0.39 is 0 Å². The summed E-state index contributed by atoms with van der Waals surface area (Å²) in [5.41, 5.74) is 2.97. The molecular weight excluding hydrogens is 178 g/mol. The lowest BCUT2D eigenvalue weighted by Gasteiger charge is -2.16. The van der Waals surface area contributed by atoms with E-state index in [1.165, 1.54) is 6.07 Å². The molecule has 0 aliphatic rings. The Morgan fingerprint density at radius 1 is 1.36 bits per heavy atom. The van der Waals surface area contributed by atoms with Gasteiger partial charge in [0.1, 0.15) is 13.6 Å². The predicted octanol–water partition coefficient (Wildman–Crippen LogP) is 1.49. The minimum atomic E-state index is -0.265. The highest BCUT2D eigenvalue weighted by Gasteiger charge is 2.12. The first-order valence-corrected chi connectivity index (χ1v) is 4.86. The second kappa shape index (κ2) is 4.03. The number of hydrogen-bond acceptors (Lipinski definition) is 1. The largest absolute Gasteiger partial charge is 0.489 e. The Morgan fingerprint density at radius 2 is 1.93 bits per heavy atom. The van der Waals surface area contributed by atoms with Crippen molar-refractivity contribution in [3.63, 3.8) is 0 Å². The van der Waals surface area contributed by atoms with Crippen LogP contribution in [0.5, 0.6) is 5.75 Å². The zero-order valence-corrected chi connectivity index (χ0v) is 9.44. The number of halogens is 1. The molecule has 0 saturated heterocycles. The molecule has 0 unspecified atom stereocenters. The average Bonchev–Trinajstić information content (AvgIpc) is 2.09. The summed E-state index contributed by atoms with van der Waals surface area (Å²) in [7, 11) is 1.89. The molecule has 1 aromatic carbocycles. The molecule has 0 radical (unpaired) electrons. The molecular formula is C11H16BFO. The minimum Gasteiger partial charge on any atom is -0.489 e. The summed E-state index contributed by atoms with van der Waals surface area (Å²) in [6, 6.07) is 1.53. The molecule has 0 heterocycles. The third-order valence-corrected chi connectivity index (χ3v) is 2.41. The van der Waals surface area contributed by atoms with E-state index >= 15 is 0 Å². The summed E-state index contributed by atoms with van der Waals surface area (Å²) in [4.78, 5) is 0. The van der Waals surface area contributed by atoms with Gasteiger partial charge < -0.3 is 4.74 Å². The third-order valence-electron chi connectivity index (χ3n) is 2.41. The lowest BCUT2D eigenvalue weighted by atomic mass is 9.87. The van der Waals surface area contributed by atoms with Gasteiger partial charge in [0.05, 0.1) is 6.10 Å². The van der Waals surface area contributed by atoms with Gasteiger partial charge in [-0.25, -0.2) is 4.39 Å². The summed E-state index contributed by atoms with van der Waals surface area (Å²) >= 11 is 0. The Bertz CT molecular complexity index is 348. The first-order chi connectivity index (χ1) is 6.43. The van der Waals surface area contributed by atoms with Gasteiger partial charge in [0.25, 0.3) is 0 Å². The van der Waals surface area contributed by atoms with Crippen molar-refractivity contribution >= 4 is 13.3 Å². The predicted molar refractivity (Wildman–Crippen MR) is 59.8 cm³/mol. The number of ether oxygens (including phenoxy) is 1. The minimum absolute atomic E-state index is 0.00491. The van der Waals surface area contributed by atoms with Crippen LogP contribution in [0.15, 0.2) is 6.07 Å². The molecule has 76 valence electrons. The highest BCUT2D eigenvalue weighted by molar-refractivity contribution is 6.35. The molecule has 0 spiro atoms. The molecule has 3 heteroatoms. The zero-order valence-electron chi connectivity index (χ0n) is 9.44. The number of hydrogen-bond donors (Lipinski definition) is 0. The fourth-order valence-electron chi connectivity index (χ4n) is 1.39. The van der Waals surface area contributed by atoms with Crippen LogP contribution >= 0.6 is 0 Å². The van der Waals surface area contributed by atoms with E-state index in [-0.39, 0.29) is 11.9 Å². The molecule has 0 amide bonds. The lowest BCUT2D eigenvalue weighted by molar-refractivity contribution is 0.233. The molecule has 1 nitrogen and oxygen atoms in total. The SMILES string of the molecule is Bc1c(C)c(C)cc(F)c1OC(C)C. The number of rotatable bonds is 2. The van der Waals surface area contributed by atoms with E-state index in [0.717, 1.165) is 16.6 Å². The highest BCUT2D eigenvalue weighted by atomic mass is 19.1. The van der Waals surface area contributed by atoms with Crippen LogP contribution in [0.1, 0.15) is 25.0 Å². The first kappa shape index (κ1) is 11.1. The van der Waals surface area contributed by atoms with Crippen LogP contribution < -0.4 is 10.2 Å². The molecule has 0 aromatic heterocycles. The van der Waals surface area contributed by atoms with E-state index in [1.54, 1.807) is 0 Å². The van der Waals surface area contributed by atoms with Gasteiger partial charge in [0.15, 0.2) is 5.82 Å². The summed E-state index contributed by atoms with van der Waals surface area (Å²) in [6.45, 7) is 7.68. The smallest absolute Gasteiger partial charge is 0.164 e. The van der Waals surface area contributed by atoms with Crippen molar-refractivity contribution in [1.29, 1.82) is 0 Å². The monoisotopic (exact) mass is 194 g/mol. The molecule has 0 atom stereocenters. The van der Waals surface area contributed by atoms with E-state index in [9.17, 15) is 4.39 Å². The van der Waals surface area contributed by atoms with Gasteiger partial charge in [-0.1, -0.05) is 5.56 Å². The van der Waals surface area contributed by atoms with Crippen LogP contribution in [0.3, 0.4) is 0 Å². The van der Waals surface area contributed by atoms with Gasteiger partial charge in [0, 0.05) is 0 Å². The fraction of sp³-hybridized carbons (Fsp3) is 0.455. The summed E-state index contributed by atoms with van der Waals surface area (Å²) < 4.78 is 19.0. The maximum Gasteiger partial charge on any atom is 0.164 e. The van der Waals surface area contributed by atoms with Crippen molar-refractivity contribution < 1.29 is 9.13 Å². The van der Waals surface area contributed by atoms with Crippen molar-refractivity contribution in [1.82, 2.24) is 0 Å². The van der Waals surface area contributed by atoms with Crippen molar-refractivity contribution in [3.05, 3.63) is 23.0 Å². The lowest BCUT2D eigenvalue weighted by Crippen LogP contribution is -2.19. The maximum atomic E-state index is 13.5. The van der Waals surface area contributed by atoms with Crippen molar-refractivity contribution in [3.8, 4) is 5.75 Å². The van der Waals surface area contributed by atoms with Gasteiger partial charge in [-0.05, 0) is 44.8 Å². The van der Waals surface area contributed by atoms with Crippen molar-refractivity contribution in [2.45, 2.75) is 33.8 Å². The van der Waals surface area contributed by atoms with Crippen LogP contribution in [0.2, 0.25) is 0 Å².